The fraction of sp³-hybridized carbons (Fsp3) is 0.0714. The molecule has 0 aliphatic heterocycles. The maximum absolute atomic E-state index is 13.4. The van der Waals surface area contributed by atoms with Gasteiger partial charge in [0.05, 0.1) is 10.6 Å². The van der Waals surface area contributed by atoms with Gasteiger partial charge in [0, 0.05) is 4.47 Å². The van der Waals surface area contributed by atoms with Gasteiger partial charge in [-0.1, -0.05) is 39.7 Å². The molecule has 0 spiro atoms. The van der Waals surface area contributed by atoms with Crippen LogP contribution in [0.15, 0.2) is 46.9 Å². The normalized spacial score (nSPS) is 10.3. The Bertz CT molecular complexity index is 616. The molecule has 0 N–H and O–H groups in total. The molecule has 0 unspecified atom stereocenters. The van der Waals surface area contributed by atoms with Gasteiger partial charge in [-0.2, -0.15) is 0 Å². The van der Waals surface area contributed by atoms with Crippen LogP contribution in [0.4, 0.5) is 4.39 Å². The summed E-state index contributed by atoms with van der Waals surface area (Å²) in [6.45, 7) is -0.262. The number of hydrogen-bond donors (Lipinski definition) is 0. The summed E-state index contributed by atoms with van der Waals surface area (Å²) in [5.41, 5.74) is 0.00994. The van der Waals surface area contributed by atoms with E-state index < -0.39 is 11.6 Å². The van der Waals surface area contributed by atoms with Crippen LogP contribution in [-0.2, 0) is 0 Å². The number of carbonyl (C=O) groups excluding carboxylic acids is 1. The van der Waals surface area contributed by atoms with E-state index in [0.717, 1.165) is 4.47 Å². The second-order valence-corrected chi connectivity index (χ2v) is 5.09. The quantitative estimate of drug-likeness (QED) is 0.764. The SMILES string of the molecule is O=C(COc1ccc(Br)cc1Cl)c1ccccc1F. The van der Waals surface area contributed by atoms with Crippen LogP contribution in [-0.4, -0.2) is 12.4 Å². The van der Waals surface area contributed by atoms with Crippen molar-refractivity contribution < 1.29 is 13.9 Å². The Kier molecular flexibility index (Phi) is 4.56. The van der Waals surface area contributed by atoms with Crippen LogP contribution in [0.25, 0.3) is 0 Å². The van der Waals surface area contributed by atoms with Crippen molar-refractivity contribution in [3.63, 3.8) is 0 Å². The van der Waals surface area contributed by atoms with Crippen LogP contribution in [0.5, 0.6) is 5.75 Å². The van der Waals surface area contributed by atoms with Crippen molar-refractivity contribution in [2.75, 3.05) is 6.61 Å². The molecule has 2 nitrogen and oxygen atoms in total. The van der Waals surface area contributed by atoms with E-state index in [1.54, 1.807) is 24.3 Å². The molecule has 0 saturated heterocycles. The summed E-state index contributed by atoms with van der Waals surface area (Å²) >= 11 is 9.22. The monoisotopic (exact) mass is 342 g/mol. The Balaban J connectivity index is 2.07. The summed E-state index contributed by atoms with van der Waals surface area (Å²) < 4.78 is 19.5. The molecule has 2 rings (SSSR count). The minimum Gasteiger partial charge on any atom is -0.484 e. The number of rotatable bonds is 4. The Morgan fingerprint density at radius 2 is 2.00 bits per heavy atom. The number of halogens is 3. The van der Waals surface area contributed by atoms with Crippen LogP contribution in [0.3, 0.4) is 0 Å². The van der Waals surface area contributed by atoms with Crippen LogP contribution in [0, 0.1) is 5.82 Å². The fourth-order valence-corrected chi connectivity index (χ4v) is 2.23. The molecule has 0 fully saturated rings. The Hall–Kier alpha value is -1.39. The number of benzene rings is 2. The van der Waals surface area contributed by atoms with Crippen LogP contribution in [0.2, 0.25) is 5.02 Å². The maximum Gasteiger partial charge on any atom is 0.203 e. The average molecular weight is 344 g/mol. The third-order valence-electron chi connectivity index (χ3n) is 2.43. The molecule has 0 atom stereocenters. The van der Waals surface area contributed by atoms with Crippen LogP contribution < -0.4 is 4.74 Å². The molecule has 0 aliphatic rings. The van der Waals surface area contributed by atoms with E-state index in [1.165, 1.54) is 18.2 Å². The molecule has 0 aromatic heterocycles. The van der Waals surface area contributed by atoms with Crippen molar-refractivity contribution >= 4 is 33.3 Å². The third kappa shape index (κ3) is 3.55. The van der Waals surface area contributed by atoms with Gasteiger partial charge in [-0.05, 0) is 30.3 Å². The predicted molar refractivity (Wildman–Crippen MR) is 75.4 cm³/mol. The molecule has 0 saturated carbocycles. The van der Waals surface area contributed by atoms with E-state index in [-0.39, 0.29) is 12.2 Å². The topological polar surface area (TPSA) is 26.3 Å². The van der Waals surface area contributed by atoms with Gasteiger partial charge in [0.25, 0.3) is 0 Å². The lowest BCUT2D eigenvalue weighted by Crippen LogP contribution is -2.13. The largest absolute Gasteiger partial charge is 0.484 e. The lowest BCUT2D eigenvalue weighted by Gasteiger charge is -2.08. The van der Waals surface area contributed by atoms with Gasteiger partial charge in [0.1, 0.15) is 11.6 Å². The molecule has 98 valence electrons. The summed E-state index contributed by atoms with van der Waals surface area (Å²) in [6, 6.07) is 10.8. The molecule has 19 heavy (non-hydrogen) atoms. The van der Waals surface area contributed by atoms with Gasteiger partial charge in [-0.15, -0.1) is 0 Å². The summed E-state index contributed by atoms with van der Waals surface area (Å²) in [5, 5.41) is 0.385. The van der Waals surface area contributed by atoms with Crippen molar-refractivity contribution in [3.8, 4) is 5.75 Å². The summed E-state index contributed by atoms with van der Waals surface area (Å²) in [4.78, 5) is 11.8. The van der Waals surface area contributed by atoms with Gasteiger partial charge in [-0.3, -0.25) is 4.79 Å². The zero-order valence-corrected chi connectivity index (χ0v) is 12.0. The summed E-state index contributed by atoms with van der Waals surface area (Å²) in [7, 11) is 0. The van der Waals surface area contributed by atoms with E-state index in [1.807, 2.05) is 0 Å². The Labute approximate surface area is 123 Å². The van der Waals surface area contributed by atoms with Gasteiger partial charge >= 0.3 is 0 Å². The molecule has 2 aromatic rings. The number of Topliss-reactive ketones (excluding diaryl/α,β-unsaturated/α-hetero) is 1. The second kappa shape index (κ2) is 6.17. The van der Waals surface area contributed by atoms with Gasteiger partial charge in [0.2, 0.25) is 5.78 Å². The highest BCUT2D eigenvalue weighted by molar-refractivity contribution is 9.10. The Morgan fingerprint density at radius 1 is 1.26 bits per heavy atom. The van der Waals surface area contributed by atoms with Crippen molar-refractivity contribution in [2.24, 2.45) is 0 Å². The lowest BCUT2D eigenvalue weighted by molar-refractivity contribution is 0.0917. The molecule has 0 amide bonds. The lowest BCUT2D eigenvalue weighted by atomic mass is 10.1. The molecule has 0 aliphatic carbocycles. The van der Waals surface area contributed by atoms with E-state index >= 15 is 0 Å². The first kappa shape index (κ1) is 14.0. The van der Waals surface area contributed by atoms with Gasteiger partial charge < -0.3 is 4.74 Å². The molecule has 0 heterocycles. The highest BCUT2D eigenvalue weighted by atomic mass is 79.9. The van der Waals surface area contributed by atoms with Crippen LogP contribution in [0.1, 0.15) is 10.4 Å². The maximum atomic E-state index is 13.4. The van der Waals surface area contributed by atoms with E-state index in [0.29, 0.717) is 10.8 Å². The average Bonchev–Trinajstić information content (AvgIpc) is 2.38. The predicted octanol–water partition coefficient (Wildman–Crippen LogP) is 4.50. The van der Waals surface area contributed by atoms with Gasteiger partial charge in [0.15, 0.2) is 6.61 Å². The molecular weight excluding hydrogens is 335 g/mol. The molecule has 2 aromatic carbocycles. The summed E-state index contributed by atoms with van der Waals surface area (Å²) in [6.07, 6.45) is 0. The minimum absolute atomic E-state index is 0.00994. The number of ketones is 1. The summed E-state index contributed by atoms with van der Waals surface area (Å²) in [5.74, 6) is -0.607. The minimum atomic E-state index is -0.557. The first-order chi connectivity index (χ1) is 9.08. The van der Waals surface area contributed by atoms with Crippen molar-refractivity contribution in [1.82, 2.24) is 0 Å². The molecule has 0 bridgehead atoms. The molecule has 0 radical (unpaired) electrons. The highest BCUT2D eigenvalue weighted by Crippen LogP contribution is 2.27. The number of carbonyl (C=O) groups is 1. The first-order valence-corrected chi connectivity index (χ1v) is 6.60. The Morgan fingerprint density at radius 3 is 2.68 bits per heavy atom. The number of hydrogen-bond acceptors (Lipinski definition) is 2. The van der Waals surface area contributed by atoms with E-state index in [2.05, 4.69) is 15.9 Å². The van der Waals surface area contributed by atoms with Crippen molar-refractivity contribution in [2.45, 2.75) is 0 Å². The first-order valence-electron chi connectivity index (χ1n) is 5.43. The van der Waals surface area contributed by atoms with Gasteiger partial charge in [-0.25, -0.2) is 4.39 Å². The van der Waals surface area contributed by atoms with E-state index in [9.17, 15) is 9.18 Å². The zero-order valence-electron chi connectivity index (χ0n) is 9.70. The van der Waals surface area contributed by atoms with E-state index in [4.69, 9.17) is 16.3 Å². The zero-order chi connectivity index (χ0) is 13.8. The standard InChI is InChI=1S/C14H9BrClFO2/c15-9-5-6-14(11(16)7-9)19-8-13(18)10-3-1-2-4-12(10)17/h1-7H,8H2. The smallest absolute Gasteiger partial charge is 0.203 e. The molecule has 5 heteroatoms. The van der Waals surface area contributed by atoms with Crippen molar-refractivity contribution in [3.05, 3.63) is 63.3 Å². The van der Waals surface area contributed by atoms with Crippen LogP contribution >= 0.6 is 27.5 Å². The number of ether oxygens (including phenoxy) is 1. The fourth-order valence-electron chi connectivity index (χ4n) is 1.50. The third-order valence-corrected chi connectivity index (χ3v) is 3.22. The molecular formula is C14H9BrClFO2. The highest BCUT2D eigenvalue weighted by Gasteiger charge is 2.12. The van der Waals surface area contributed by atoms with Crippen molar-refractivity contribution in [1.29, 1.82) is 0 Å². The second-order valence-electron chi connectivity index (χ2n) is 3.77.